The number of carbonyl (C=O) groups excluding carboxylic acids is 1. The summed E-state index contributed by atoms with van der Waals surface area (Å²) in [6.45, 7) is 5.10. The van der Waals surface area contributed by atoms with Crippen molar-refractivity contribution in [2.45, 2.75) is 31.3 Å². The molecule has 1 amide bonds. The largest absolute Gasteiger partial charge is 0.484 e. The lowest BCUT2D eigenvalue weighted by atomic mass is 10.1. The maximum atomic E-state index is 11.7. The van der Waals surface area contributed by atoms with Crippen LogP contribution in [0.1, 0.15) is 36.8 Å². The van der Waals surface area contributed by atoms with E-state index in [2.05, 4.69) is 31.3 Å². The summed E-state index contributed by atoms with van der Waals surface area (Å²) in [6.07, 6.45) is 2.30. The number of hydrogen-bond donors (Lipinski definition) is 1. The van der Waals surface area contributed by atoms with Gasteiger partial charge in [-0.05, 0) is 48.0 Å². The third-order valence-corrected chi connectivity index (χ3v) is 6.41. The molecule has 0 bridgehead atoms. The van der Waals surface area contributed by atoms with E-state index in [0.717, 1.165) is 18.7 Å². The van der Waals surface area contributed by atoms with E-state index in [4.69, 9.17) is 4.74 Å². The monoisotopic (exact) mass is 339 g/mol. The Hall–Kier alpha value is -0.810. The van der Waals surface area contributed by atoms with E-state index in [-0.39, 0.29) is 12.5 Å². The number of amides is 1. The van der Waals surface area contributed by atoms with E-state index in [1.54, 1.807) is 0 Å². The van der Waals surface area contributed by atoms with Gasteiger partial charge in [0.1, 0.15) is 5.75 Å². The highest BCUT2D eigenvalue weighted by molar-refractivity contribution is 8.16. The molecule has 1 aliphatic rings. The highest BCUT2D eigenvalue weighted by atomic mass is 32.2. The van der Waals surface area contributed by atoms with E-state index < -0.39 is 0 Å². The number of benzene rings is 1. The van der Waals surface area contributed by atoms with Gasteiger partial charge < -0.3 is 10.1 Å². The van der Waals surface area contributed by atoms with Crippen LogP contribution in [-0.2, 0) is 4.79 Å². The number of ether oxygens (including phenoxy) is 1. The van der Waals surface area contributed by atoms with E-state index in [1.165, 1.54) is 23.5 Å². The molecule has 0 atom stereocenters. The highest BCUT2D eigenvalue weighted by Crippen LogP contribution is 2.43. The zero-order valence-corrected chi connectivity index (χ0v) is 15.0. The Morgan fingerprint density at radius 2 is 1.95 bits per heavy atom. The molecule has 0 unspecified atom stereocenters. The summed E-state index contributed by atoms with van der Waals surface area (Å²) in [4.78, 5) is 11.7. The number of rotatable bonds is 7. The molecule has 0 radical (unpaired) electrons. The van der Waals surface area contributed by atoms with Crippen molar-refractivity contribution < 1.29 is 9.53 Å². The standard InChI is InChI=1S/C17H25NO2S2/c1-13(2)8-9-18-16(19)12-20-15-6-4-14(5-7-15)17-21-10-3-11-22-17/h4-7,13,17H,3,8-12H2,1-2H3,(H,18,19). The molecule has 1 heterocycles. The minimum atomic E-state index is -0.0527. The van der Waals surface area contributed by atoms with Crippen LogP contribution in [0.5, 0.6) is 5.75 Å². The maximum Gasteiger partial charge on any atom is 0.257 e. The van der Waals surface area contributed by atoms with Gasteiger partial charge in [-0.2, -0.15) is 0 Å². The molecular weight excluding hydrogens is 314 g/mol. The van der Waals surface area contributed by atoms with Gasteiger partial charge in [-0.25, -0.2) is 0 Å². The van der Waals surface area contributed by atoms with Crippen LogP contribution in [0.4, 0.5) is 0 Å². The van der Waals surface area contributed by atoms with Gasteiger partial charge in [-0.3, -0.25) is 4.79 Å². The average Bonchev–Trinajstić information content (AvgIpc) is 2.54. The van der Waals surface area contributed by atoms with Crippen molar-refractivity contribution in [1.82, 2.24) is 5.32 Å². The molecular formula is C17H25NO2S2. The molecule has 0 aliphatic carbocycles. The lowest BCUT2D eigenvalue weighted by Gasteiger charge is -2.21. The summed E-state index contributed by atoms with van der Waals surface area (Å²) < 4.78 is 6.09. The van der Waals surface area contributed by atoms with Crippen molar-refractivity contribution in [2.75, 3.05) is 24.7 Å². The topological polar surface area (TPSA) is 38.3 Å². The van der Waals surface area contributed by atoms with Crippen LogP contribution < -0.4 is 10.1 Å². The lowest BCUT2D eigenvalue weighted by Crippen LogP contribution is -2.30. The summed E-state index contributed by atoms with van der Waals surface area (Å²) in [7, 11) is 0. The van der Waals surface area contributed by atoms with Gasteiger partial charge in [0.2, 0.25) is 0 Å². The molecule has 1 aromatic rings. The number of carbonyl (C=O) groups is 1. The molecule has 0 aromatic heterocycles. The zero-order chi connectivity index (χ0) is 15.8. The normalized spacial score (nSPS) is 15.8. The summed E-state index contributed by atoms with van der Waals surface area (Å²) in [5.74, 6) is 3.79. The van der Waals surface area contributed by atoms with Crippen LogP contribution in [0.25, 0.3) is 0 Å². The Kier molecular flexibility index (Phi) is 7.46. The Labute approximate surface area is 142 Å². The van der Waals surface area contributed by atoms with Crippen LogP contribution in [0.3, 0.4) is 0 Å². The number of thioether (sulfide) groups is 2. The molecule has 1 saturated heterocycles. The molecule has 1 fully saturated rings. The van der Waals surface area contributed by atoms with Crippen LogP contribution in [0.2, 0.25) is 0 Å². The first-order chi connectivity index (χ1) is 10.6. The smallest absolute Gasteiger partial charge is 0.257 e. The molecule has 1 aromatic carbocycles. The predicted octanol–water partition coefficient (Wildman–Crippen LogP) is 4.10. The van der Waals surface area contributed by atoms with Crippen molar-refractivity contribution in [1.29, 1.82) is 0 Å². The van der Waals surface area contributed by atoms with E-state index in [1.807, 2.05) is 35.7 Å². The Morgan fingerprint density at radius 3 is 2.59 bits per heavy atom. The fourth-order valence-corrected chi connectivity index (χ4v) is 5.00. The summed E-state index contributed by atoms with van der Waals surface area (Å²) >= 11 is 4.02. The second kappa shape index (κ2) is 9.36. The van der Waals surface area contributed by atoms with Gasteiger partial charge in [0.25, 0.3) is 5.91 Å². The van der Waals surface area contributed by atoms with Crippen LogP contribution >= 0.6 is 23.5 Å². The Morgan fingerprint density at radius 1 is 1.27 bits per heavy atom. The molecule has 1 aliphatic heterocycles. The maximum absolute atomic E-state index is 11.7. The van der Waals surface area contributed by atoms with Gasteiger partial charge in [0.15, 0.2) is 6.61 Å². The SMILES string of the molecule is CC(C)CCNC(=O)COc1ccc(C2SCCCS2)cc1. The Balaban J connectivity index is 1.73. The van der Waals surface area contributed by atoms with Gasteiger partial charge in [-0.1, -0.05) is 26.0 Å². The molecule has 3 nitrogen and oxygen atoms in total. The summed E-state index contributed by atoms with van der Waals surface area (Å²) in [6, 6.07) is 8.16. The third-order valence-electron chi connectivity index (χ3n) is 3.39. The summed E-state index contributed by atoms with van der Waals surface area (Å²) in [5.41, 5.74) is 1.34. The fourth-order valence-electron chi connectivity index (χ4n) is 2.10. The van der Waals surface area contributed by atoms with Gasteiger partial charge >= 0.3 is 0 Å². The summed E-state index contributed by atoms with van der Waals surface area (Å²) in [5, 5.41) is 2.88. The van der Waals surface area contributed by atoms with E-state index in [9.17, 15) is 4.79 Å². The van der Waals surface area contributed by atoms with Crippen molar-refractivity contribution >= 4 is 29.4 Å². The first-order valence-electron chi connectivity index (χ1n) is 7.88. The molecule has 22 heavy (non-hydrogen) atoms. The lowest BCUT2D eigenvalue weighted by molar-refractivity contribution is -0.123. The molecule has 0 spiro atoms. The minimum Gasteiger partial charge on any atom is -0.484 e. The van der Waals surface area contributed by atoms with Crippen LogP contribution in [0, 0.1) is 5.92 Å². The minimum absolute atomic E-state index is 0.0527. The quantitative estimate of drug-likeness (QED) is 0.812. The first kappa shape index (κ1) is 17.5. The number of hydrogen-bond acceptors (Lipinski definition) is 4. The molecule has 122 valence electrons. The average molecular weight is 340 g/mol. The van der Waals surface area contributed by atoms with Crippen LogP contribution in [0.15, 0.2) is 24.3 Å². The van der Waals surface area contributed by atoms with Gasteiger partial charge in [0.05, 0.1) is 4.58 Å². The van der Waals surface area contributed by atoms with Gasteiger partial charge in [-0.15, -0.1) is 23.5 Å². The van der Waals surface area contributed by atoms with Crippen molar-refractivity contribution in [2.24, 2.45) is 5.92 Å². The van der Waals surface area contributed by atoms with Crippen LogP contribution in [-0.4, -0.2) is 30.6 Å². The molecule has 1 N–H and O–H groups in total. The molecule has 0 saturated carbocycles. The zero-order valence-electron chi connectivity index (χ0n) is 13.3. The van der Waals surface area contributed by atoms with Crippen molar-refractivity contribution in [3.8, 4) is 5.75 Å². The van der Waals surface area contributed by atoms with Crippen molar-refractivity contribution in [3.05, 3.63) is 29.8 Å². The third kappa shape index (κ3) is 6.13. The fraction of sp³-hybridized carbons (Fsp3) is 0.588. The van der Waals surface area contributed by atoms with E-state index in [0.29, 0.717) is 10.5 Å². The molecule has 5 heteroatoms. The predicted molar refractivity (Wildman–Crippen MR) is 96.7 cm³/mol. The number of nitrogens with one attached hydrogen (secondary N) is 1. The van der Waals surface area contributed by atoms with Crippen molar-refractivity contribution in [3.63, 3.8) is 0 Å². The van der Waals surface area contributed by atoms with E-state index >= 15 is 0 Å². The molecule has 2 rings (SSSR count). The van der Waals surface area contributed by atoms with Gasteiger partial charge in [0, 0.05) is 6.54 Å². The second-order valence-corrected chi connectivity index (χ2v) is 8.54. The Bertz CT molecular complexity index is 456. The second-order valence-electron chi connectivity index (χ2n) is 5.82. The first-order valence-corrected chi connectivity index (χ1v) is 9.97. The highest BCUT2D eigenvalue weighted by Gasteiger charge is 2.16.